The molecule has 0 amide bonds. The van der Waals surface area contributed by atoms with Gasteiger partial charge in [0.05, 0.1) is 29.2 Å². The lowest BCUT2D eigenvalue weighted by Gasteiger charge is -2.23. The maximum atomic E-state index is 12.0. The molecule has 1 saturated heterocycles. The molecule has 1 aromatic rings. The maximum absolute atomic E-state index is 12.0. The molecule has 0 radical (unpaired) electrons. The largest absolute Gasteiger partial charge is 0.376 e. The molecule has 0 spiro atoms. The summed E-state index contributed by atoms with van der Waals surface area (Å²) in [4.78, 5) is 0.166. The quantitative estimate of drug-likeness (QED) is 0.810. The fraction of sp³-hybridized carbons (Fsp3) is 0.462. The standard InChI is InChI=1S/C13H17N3O3S/c14-9-11-1-3-13(4-2-11)20(17,18)16-6-5-12-10-15-7-8-19-12/h1-4,12,15-16H,5-8,10H2. The van der Waals surface area contributed by atoms with Gasteiger partial charge in [-0.05, 0) is 30.7 Å². The van der Waals surface area contributed by atoms with Crippen molar-refractivity contribution in [1.29, 1.82) is 5.26 Å². The fourth-order valence-electron chi connectivity index (χ4n) is 1.95. The molecule has 2 N–H and O–H groups in total. The van der Waals surface area contributed by atoms with Crippen molar-refractivity contribution in [3.05, 3.63) is 29.8 Å². The topological polar surface area (TPSA) is 91.2 Å². The van der Waals surface area contributed by atoms with Crippen molar-refractivity contribution in [1.82, 2.24) is 10.0 Å². The zero-order valence-corrected chi connectivity index (χ0v) is 11.8. The van der Waals surface area contributed by atoms with Crippen molar-refractivity contribution in [2.45, 2.75) is 17.4 Å². The minimum absolute atomic E-state index is 0.0485. The van der Waals surface area contributed by atoms with Gasteiger partial charge in [-0.1, -0.05) is 0 Å². The fourth-order valence-corrected chi connectivity index (χ4v) is 3.00. The van der Waals surface area contributed by atoms with E-state index in [1.807, 2.05) is 6.07 Å². The van der Waals surface area contributed by atoms with Crippen LogP contribution in [0.1, 0.15) is 12.0 Å². The Kier molecular flexibility index (Phi) is 5.09. The van der Waals surface area contributed by atoms with E-state index in [4.69, 9.17) is 10.00 Å². The van der Waals surface area contributed by atoms with Crippen molar-refractivity contribution < 1.29 is 13.2 Å². The summed E-state index contributed by atoms with van der Waals surface area (Å²) in [6, 6.07) is 7.79. The van der Waals surface area contributed by atoms with E-state index in [1.54, 1.807) is 0 Å². The van der Waals surface area contributed by atoms with Gasteiger partial charge in [0.2, 0.25) is 10.0 Å². The second kappa shape index (κ2) is 6.81. The molecule has 1 atom stereocenters. The number of morpholine rings is 1. The lowest BCUT2D eigenvalue weighted by Crippen LogP contribution is -2.40. The molecule has 1 aromatic carbocycles. The minimum Gasteiger partial charge on any atom is -0.376 e. The maximum Gasteiger partial charge on any atom is 0.240 e. The predicted octanol–water partition coefficient (Wildman–Crippen LogP) is 0.215. The smallest absolute Gasteiger partial charge is 0.240 e. The lowest BCUT2D eigenvalue weighted by molar-refractivity contribution is 0.0247. The van der Waals surface area contributed by atoms with E-state index in [-0.39, 0.29) is 11.0 Å². The molecular formula is C13H17N3O3S. The Balaban J connectivity index is 1.88. The summed E-state index contributed by atoms with van der Waals surface area (Å²) in [6.07, 6.45) is 0.676. The molecule has 7 heteroatoms. The van der Waals surface area contributed by atoms with Crippen molar-refractivity contribution in [2.24, 2.45) is 0 Å². The van der Waals surface area contributed by atoms with Crippen molar-refractivity contribution in [3.8, 4) is 6.07 Å². The molecule has 1 heterocycles. The van der Waals surface area contributed by atoms with Gasteiger partial charge >= 0.3 is 0 Å². The molecule has 108 valence electrons. The lowest BCUT2D eigenvalue weighted by atomic mass is 10.2. The van der Waals surface area contributed by atoms with E-state index < -0.39 is 10.0 Å². The molecule has 0 bridgehead atoms. The molecule has 2 rings (SSSR count). The van der Waals surface area contributed by atoms with E-state index in [9.17, 15) is 8.42 Å². The first-order chi connectivity index (χ1) is 9.62. The summed E-state index contributed by atoms with van der Waals surface area (Å²) < 4.78 is 32.1. The first kappa shape index (κ1) is 14.9. The highest BCUT2D eigenvalue weighted by Gasteiger charge is 2.16. The summed E-state index contributed by atoms with van der Waals surface area (Å²) in [5.41, 5.74) is 0.436. The zero-order chi connectivity index (χ0) is 14.4. The molecule has 1 aliphatic heterocycles. The van der Waals surface area contributed by atoms with E-state index in [0.717, 1.165) is 13.1 Å². The highest BCUT2D eigenvalue weighted by molar-refractivity contribution is 7.89. The minimum atomic E-state index is -3.52. The van der Waals surface area contributed by atoms with Gasteiger partial charge in [0.1, 0.15) is 0 Å². The van der Waals surface area contributed by atoms with Gasteiger partial charge in [0.15, 0.2) is 0 Å². The van der Waals surface area contributed by atoms with Crippen LogP contribution in [-0.2, 0) is 14.8 Å². The average molecular weight is 295 g/mol. The number of nitrogens with one attached hydrogen (secondary N) is 2. The van der Waals surface area contributed by atoms with Crippen LogP contribution in [0.4, 0.5) is 0 Å². The number of sulfonamides is 1. The Hall–Kier alpha value is -1.46. The van der Waals surface area contributed by atoms with Crippen molar-refractivity contribution >= 4 is 10.0 Å². The SMILES string of the molecule is N#Cc1ccc(S(=O)(=O)NCCC2CNCCO2)cc1. The summed E-state index contributed by atoms with van der Waals surface area (Å²) in [5.74, 6) is 0. The number of nitriles is 1. The zero-order valence-electron chi connectivity index (χ0n) is 11.0. The van der Waals surface area contributed by atoms with Gasteiger partial charge < -0.3 is 10.1 Å². The van der Waals surface area contributed by atoms with Crippen molar-refractivity contribution in [3.63, 3.8) is 0 Å². The molecule has 20 heavy (non-hydrogen) atoms. The van der Waals surface area contributed by atoms with Crippen LogP contribution in [0.15, 0.2) is 29.2 Å². The van der Waals surface area contributed by atoms with E-state index in [0.29, 0.717) is 25.1 Å². The van der Waals surface area contributed by atoms with Gasteiger partial charge in [0.25, 0.3) is 0 Å². The Morgan fingerprint density at radius 2 is 2.15 bits per heavy atom. The number of nitrogens with zero attached hydrogens (tertiary/aromatic N) is 1. The Bertz CT molecular complexity index is 572. The van der Waals surface area contributed by atoms with Gasteiger partial charge in [-0.3, -0.25) is 0 Å². The summed E-state index contributed by atoms with van der Waals surface area (Å²) >= 11 is 0. The third-order valence-electron chi connectivity index (χ3n) is 3.06. The molecule has 1 fully saturated rings. The number of hydrogen-bond donors (Lipinski definition) is 2. The molecule has 6 nitrogen and oxygen atoms in total. The van der Waals surface area contributed by atoms with Crippen LogP contribution >= 0.6 is 0 Å². The molecule has 0 saturated carbocycles. The molecular weight excluding hydrogens is 278 g/mol. The molecule has 0 aliphatic carbocycles. The van der Waals surface area contributed by atoms with Gasteiger partial charge in [-0.25, -0.2) is 13.1 Å². The number of rotatable bonds is 5. The van der Waals surface area contributed by atoms with Crippen LogP contribution in [0.5, 0.6) is 0 Å². The second-order valence-electron chi connectivity index (χ2n) is 4.52. The van der Waals surface area contributed by atoms with E-state index in [2.05, 4.69) is 10.0 Å². The van der Waals surface area contributed by atoms with Gasteiger partial charge in [0, 0.05) is 19.6 Å². The Morgan fingerprint density at radius 1 is 1.40 bits per heavy atom. The average Bonchev–Trinajstić information content (AvgIpc) is 2.48. The first-order valence-electron chi connectivity index (χ1n) is 6.44. The summed E-state index contributed by atoms with van der Waals surface area (Å²) in [7, 11) is -3.52. The van der Waals surface area contributed by atoms with E-state index >= 15 is 0 Å². The van der Waals surface area contributed by atoms with Crippen LogP contribution < -0.4 is 10.0 Å². The van der Waals surface area contributed by atoms with Crippen LogP contribution in [-0.4, -0.2) is 40.8 Å². The third-order valence-corrected chi connectivity index (χ3v) is 4.53. The second-order valence-corrected chi connectivity index (χ2v) is 6.29. The van der Waals surface area contributed by atoms with Gasteiger partial charge in [-0.15, -0.1) is 0 Å². The normalized spacial score (nSPS) is 19.4. The number of benzene rings is 1. The highest BCUT2D eigenvalue weighted by atomic mass is 32.2. The Labute approximate surface area is 118 Å². The summed E-state index contributed by atoms with van der Waals surface area (Å²) in [5, 5.41) is 11.9. The van der Waals surface area contributed by atoms with Crippen LogP contribution in [0.25, 0.3) is 0 Å². The monoisotopic (exact) mass is 295 g/mol. The van der Waals surface area contributed by atoms with Crippen LogP contribution in [0.3, 0.4) is 0 Å². The van der Waals surface area contributed by atoms with E-state index in [1.165, 1.54) is 24.3 Å². The first-order valence-corrected chi connectivity index (χ1v) is 7.92. The molecule has 0 aromatic heterocycles. The summed E-state index contributed by atoms with van der Waals surface area (Å²) in [6.45, 7) is 2.58. The number of ether oxygens (including phenoxy) is 1. The van der Waals surface area contributed by atoms with Crippen LogP contribution in [0, 0.1) is 11.3 Å². The third kappa shape index (κ3) is 4.02. The van der Waals surface area contributed by atoms with Crippen LogP contribution in [0.2, 0.25) is 0 Å². The molecule has 1 aliphatic rings. The highest BCUT2D eigenvalue weighted by Crippen LogP contribution is 2.10. The van der Waals surface area contributed by atoms with Crippen molar-refractivity contribution in [2.75, 3.05) is 26.2 Å². The van der Waals surface area contributed by atoms with Gasteiger partial charge in [-0.2, -0.15) is 5.26 Å². The number of hydrogen-bond acceptors (Lipinski definition) is 5. The predicted molar refractivity (Wildman–Crippen MR) is 73.6 cm³/mol. The molecule has 1 unspecified atom stereocenters. The Morgan fingerprint density at radius 3 is 2.75 bits per heavy atom.